The largest absolute Gasteiger partial charge is 0.311 e. The lowest BCUT2D eigenvalue weighted by molar-refractivity contribution is 0.616. The van der Waals surface area contributed by atoms with E-state index in [0.717, 1.165) is 18.5 Å². The summed E-state index contributed by atoms with van der Waals surface area (Å²) in [7, 11) is 0. The number of benzene rings is 1. The molecule has 0 saturated heterocycles. The van der Waals surface area contributed by atoms with Gasteiger partial charge in [0, 0.05) is 18.5 Å². The van der Waals surface area contributed by atoms with Crippen LogP contribution in [0.25, 0.3) is 0 Å². The molecule has 0 aliphatic rings. The van der Waals surface area contributed by atoms with Gasteiger partial charge in [-0.2, -0.15) is 0 Å². The highest BCUT2D eigenvalue weighted by Crippen LogP contribution is 2.16. The minimum atomic E-state index is -0.234. The third-order valence-corrected chi connectivity index (χ3v) is 3.19. The Bertz CT molecular complexity index is 319. The highest BCUT2D eigenvalue weighted by atomic mass is 79.9. The minimum absolute atomic E-state index is 0.161. The lowest BCUT2D eigenvalue weighted by Gasteiger charge is -2.08. The fourth-order valence-corrected chi connectivity index (χ4v) is 1.70. The highest BCUT2D eigenvalue weighted by molar-refractivity contribution is 9.10. The molecule has 0 aliphatic heterocycles. The smallest absolute Gasteiger partial charge is 0.137 e. The van der Waals surface area contributed by atoms with Gasteiger partial charge in [0.25, 0.3) is 0 Å². The first-order valence-corrected chi connectivity index (χ1v) is 6.15. The van der Waals surface area contributed by atoms with Gasteiger partial charge in [-0.3, -0.25) is 0 Å². The van der Waals surface area contributed by atoms with Gasteiger partial charge in [0.1, 0.15) is 5.82 Å². The normalized spacial score (nSPS) is 12.8. The van der Waals surface area contributed by atoms with Gasteiger partial charge >= 0.3 is 0 Å². The average molecular weight is 295 g/mol. The Balaban J connectivity index is 2.41. The molecule has 0 fully saturated rings. The molecule has 1 aromatic rings. The minimum Gasteiger partial charge on any atom is -0.311 e. The van der Waals surface area contributed by atoms with Crippen molar-refractivity contribution < 1.29 is 4.39 Å². The molecule has 1 rings (SSSR count). The summed E-state index contributed by atoms with van der Waals surface area (Å²) in [5, 5.41) is 3.38. The Labute approximate surface area is 103 Å². The van der Waals surface area contributed by atoms with Crippen molar-refractivity contribution in [2.75, 3.05) is 6.54 Å². The van der Waals surface area contributed by atoms with Crippen molar-refractivity contribution in [3.05, 3.63) is 34.1 Å². The van der Waals surface area contributed by atoms with E-state index >= 15 is 0 Å². The molecule has 0 aromatic heterocycles. The van der Waals surface area contributed by atoms with Gasteiger partial charge < -0.3 is 5.32 Å². The number of alkyl halides is 1. The average Bonchev–Trinajstić information content (AvgIpc) is 2.23. The van der Waals surface area contributed by atoms with E-state index in [9.17, 15) is 4.39 Å². The Morgan fingerprint density at radius 1 is 1.53 bits per heavy atom. The molecule has 0 saturated carbocycles. The van der Waals surface area contributed by atoms with E-state index < -0.39 is 0 Å². The number of hydrogen-bond acceptors (Lipinski definition) is 1. The number of nitrogens with one attached hydrogen (secondary N) is 1. The van der Waals surface area contributed by atoms with Crippen LogP contribution in [0.15, 0.2) is 22.7 Å². The molecule has 0 aliphatic carbocycles. The maximum absolute atomic E-state index is 12.9. The molecule has 1 N–H and O–H groups in total. The van der Waals surface area contributed by atoms with Crippen LogP contribution in [0.3, 0.4) is 0 Å². The fourth-order valence-electron chi connectivity index (χ4n) is 1.17. The van der Waals surface area contributed by atoms with Crippen molar-refractivity contribution in [3.63, 3.8) is 0 Å². The van der Waals surface area contributed by atoms with E-state index in [4.69, 9.17) is 11.6 Å². The topological polar surface area (TPSA) is 12.0 Å². The summed E-state index contributed by atoms with van der Waals surface area (Å²) >= 11 is 9.11. The molecule has 4 heteroatoms. The third-order valence-electron chi connectivity index (χ3n) is 2.12. The first kappa shape index (κ1) is 12.9. The van der Waals surface area contributed by atoms with E-state index in [1.165, 1.54) is 6.07 Å². The van der Waals surface area contributed by atoms with Gasteiger partial charge in [0.15, 0.2) is 0 Å². The van der Waals surface area contributed by atoms with Gasteiger partial charge in [-0.15, -0.1) is 11.6 Å². The van der Waals surface area contributed by atoms with Gasteiger partial charge in [0.05, 0.1) is 4.47 Å². The maximum Gasteiger partial charge on any atom is 0.137 e. The molecule has 1 atom stereocenters. The Kier molecular flexibility index (Phi) is 5.58. The third kappa shape index (κ3) is 4.49. The molecule has 1 aromatic carbocycles. The summed E-state index contributed by atoms with van der Waals surface area (Å²) in [4.78, 5) is 0. The molecule has 0 spiro atoms. The summed E-state index contributed by atoms with van der Waals surface area (Å²) in [6.45, 7) is 3.53. The van der Waals surface area contributed by atoms with E-state index in [-0.39, 0.29) is 11.2 Å². The van der Waals surface area contributed by atoms with Crippen molar-refractivity contribution in [1.82, 2.24) is 5.32 Å². The van der Waals surface area contributed by atoms with E-state index in [1.807, 2.05) is 6.92 Å². The molecule has 15 heavy (non-hydrogen) atoms. The quantitative estimate of drug-likeness (QED) is 0.817. The number of hydrogen-bond donors (Lipinski definition) is 1. The zero-order valence-corrected chi connectivity index (χ0v) is 10.9. The molecule has 1 unspecified atom stereocenters. The van der Waals surface area contributed by atoms with Crippen LogP contribution in [0.5, 0.6) is 0 Å². The summed E-state index contributed by atoms with van der Waals surface area (Å²) < 4.78 is 13.4. The summed E-state index contributed by atoms with van der Waals surface area (Å²) in [6.07, 6.45) is 0.946. The van der Waals surface area contributed by atoms with Crippen LogP contribution >= 0.6 is 27.5 Å². The van der Waals surface area contributed by atoms with Crippen LogP contribution in [0.1, 0.15) is 18.9 Å². The highest BCUT2D eigenvalue weighted by Gasteiger charge is 2.02. The zero-order chi connectivity index (χ0) is 11.3. The summed E-state index contributed by atoms with van der Waals surface area (Å²) in [5.74, 6) is -0.234. The fraction of sp³-hybridized carbons (Fsp3) is 0.455. The lowest BCUT2D eigenvalue weighted by Crippen LogP contribution is -2.22. The monoisotopic (exact) mass is 293 g/mol. The van der Waals surface area contributed by atoms with E-state index in [0.29, 0.717) is 11.0 Å². The maximum atomic E-state index is 12.9. The molecule has 0 bridgehead atoms. The Hall–Kier alpha value is -0.120. The summed E-state index contributed by atoms with van der Waals surface area (Å²) in [5.41, 5.74) is 1.04. The predicted octanol–water partition coefficient (Wildman–Crippen LogP) is 3.70. The second-order valence-corrected chi connectivity index (χ2v) is 4.86. The molecule has 84 valence electrons. The first-order chi connectivity index (χ1) is 7.13. The van der Waals surface area contributed by atoms with E-state index in [2.05, 4.69) is 21.2 Å². The van der Waals surface area contributed by atoms with Crippen LogP contribution in [0, 0.1) is 5.82 Å². The zero-order valence-electron chi connectivity index (χ0n) is 8.56. The van der Waals surface area contributed by atoms with Crippen molar-refractivity contribution in [1.29, 1.82) is 0 Å². The molecular weight excluding hydrogens is 280 g/mol. The van der Waals surface area contributed by atoms with Crippen LogP contribution in [-0.2, 0) is 6.54 Å². The first-order valence-electron chi connectivity index (χ1n) is 4.92. The molecule has 1 nitrogen and oxygen atoms in total. The standard InChI is InChI=1S/C11H14BrClFN/c1-2-9(13)7-15-6-8-3-4-11(14)10(12)5-8/h3-5,9,15H,2,6-7H2,1H3. The number of halogens is 3. The van der Waals surface area contributed by atoms with Crippen LogP contribution in [-0.4, -0.2) is 11.9 Å². The predicted molar refractivity (Wildman–Crippen MR) is 65.7 cm³/mol. The van der Waals surface area contributed by atoms with Gasteiger partial charge in [-0.05, 0) is 40.0 Å². The molecule has 0 amide bonds. The second-order valence-electron chi connectivity index (χ2n) is 3.38. The summed E-state index contributed by atoms with van der Waals surface area (Å²) in [6, 6.07) is 5.00. The number of rotatable bonds is 5. The molecule has 0 heterocycles. The van der Waals surface area contributed by atoms with Gasteiger partial charge in [0.2, 0.25) is 0 Å². The van der Waals surface area contributed by atoms with Crippen molar-refractivity contribution in [3.8, 4) is 0 Å². The van der Waals surface area contributed by atoms with Crippen LogP contribution < -0.4 is 5.32 Å². The van der Waals surface area contributed by atoms with Gasteiger partial charge in [-0.25, -0.2) is 4.39 Å². The van der Waals surface area contributed by atoms with Crippen molar-refractivity contribution >= 4 is 27.5 Å². The van der Waals surface area contributed by atoms with Gasteiger partial charge in [-0.1, -0.05) is 13.0 Å². The van der Waals surface area contributed by atoms with Crippen molar-refractivity contribution in [2.24, 2.45) is 0 Å². The Morgan fingerprint density at radius 2 is 2.27 bits per heavy atom. The lowest BCUT2D eigenvalue weighted by atomic mass is 10.2. The second kappa shape index (κ2) is 6.46. The van der Waals surface area contributed by atoms with E-state index in [1.54, 1.807) is 12.1 Å². The molecule has 0 radical (unpaired) electrons. The van der Waals surface area contributed by atoms with Crippen LogP contribution in [0.4, 0.5) is 4.39 Å². The SMILES string of the molecule is CCC(Cl)CNCc1ccc(F)c(Br)c1. The molecular formula is C11H14BrClFN. The van der Waals surface area contributed by atoms with Crippen molar-refractivity contribution in [2.45, 2.75) is 25.3 Å². The Morgan fingerprint density at radius 3 is 2.87 bits per heavy atom. The van der Waals surface area contributed by atoms with Crippen LogP contribution in [0.2, 0.25) is 0 Å².